The van der Waals surface area contributed by atoms with Crippen molar-refractivity contribution in [1.82, 2.24) is 0 Å². The Balaban J connectivity index is 2.29. The average molecular weight is 362 g/mol. The highest BCUT2D eigenvalue weighted by Gasteiger charge is 2.26. The first-order chi connectivity index (χ1) is 9.67. The van der Waals surface area contributed by atoms with Gasteiger partial charge >= 0.3 is 0 Å². The lowest BCUT2D eigenvalue weighted by atomic mass is 9.91. The molecule has 1 aromatic carbocycles. The second-order valence-electron chi connectivity index (χ2n) is 5.38. The topological polar surface area (TPSA) is 18.5 Å². The van der Waals surface area contributed by atoms with E-state index >= 15 is 0 Å². The summed E-state index contributed by atoms with van der Waals surface area (Å²) in [4.78, 5) is 0. The molecule has 1 fully saturated rings. The van der Waals surface area contributed by atoms with Gasteiger partial charge in [0, 0.05) is 5.56 Å². The molecule has 0 saturated heterocycles. The van der Waals surface area contributed by atoms with E-state index in [1.165, 1.54) is 38.5 Å². The molecule has 0 radical (unpaired) electrons. The van der Waals surface area contributed by atoms with E-state index in [-0.39, 0.29) is 5.38 Å². The quantitative estimate of drug-likeness (QED) is 0.504. The molecular weight excluding hydrogens is 340 g/mol. The second-order valence-corrected chi connectivity index (χ2v) is 6.71. The molecule has 0 aromatic heterocycles. The Morgan fingerprint density at radius 2 is 1.65 bits per heavy atom. The summed E-state index contributed by atoms with van der Waals surface area (Å²) >= 11 is 10.3. The SMILES string of the molecule is COc1cc(C(Cl)C2CCCCCC2)c(OC)cc1Br. The summed E-state index contributed by atoms with van der Waals surface area (Å²) in [7, 11) is 3.36. The fourth-order valence-electron chi connectivity index (χ4n) is 2.96. The molecule has 1 aliphatic rings. The van der Waals surface area contributed by atoms with Gasteiger partial charge < -0.3 is 9.47 Å². The van der Waals surface area contributed by atoms with E-state index in [1.807, 2.05) is 12.1 Å². The zero-order chi connectivity index (χ0) is 14.5. The van der Waals surface area contributed by atoms with Gasteiger partial charge in [-0.1, -0.05) is 25.7 Å². The highest BCUT2D eigenvalue weighted by Crippen LogP contribution is 2.44. The average Bonchev–Trinajstić information content (AvgIpc) is 2.75. The summed E-state index contributed by atoms with van der Waals surface area (Å²) < 4.78 is 11.8. The first kappa shape index (κ1) is 16.0. The predicted molar refractivity (Wildman–Crippen MR) is 87.0 cm³/mol. The Hall–Kier alpha value is -0.410. The van der Waals surface area contributed by atoms with E-state index in [9.17, 15) is 0 Å². The Labute approximate surface area is 134 Å². The maximum atomic E-state index is 6.77. The van der Waals surface area contributed by atoms with Crippen molar-refractivity contribution < 1.29 is 9.47 Å². The summed E-state index contributed by atoms with van der Waals surface area (Å²) in [6.45, 7) is 0. The Bertz CT molecular complexity index is 442. The normalized spacial score (nSPS) is 18.4. The second kappa shape index (κ2) is 7.56. The van der Waals surface area contributed by atoms with E-state index in [0.717, 1.165) is 21.5 Å². The van der Waals surface area contributed by atoms with E-state index < -0.39 is 0 Å². The number of hydrogen-bond donors (Lipinski definition) is 0. The molecule has 0 heterocycles. The third-order valence-corrected chi connectivity index (χ3v) is 5.33. The van der Waals surface area contributed by atoms with Crippen LogP contribution in [0.4, 0.5) is 0 Å². The summed E-state index contributed by atoms with van der Waals surface area (Å²) in [5, 5.41) is -0.00921. The van der Waals surface area contributed by atoms with Gasteiger partial charge in [-0.2, -0.15) is 0 Å². The van der Waals surface area contributed by atoms with Crippen LogP contribution in [0.1, 0.15) is 49.5 Å². The number of rotatable bonds is 4. The minimum atomic E-state index is -0.00921. The molecule has 1 aliphatic carbocycles. The molecule has 0 aliphatic heterocycles. The molecule has 2 nitrogen and oxygen atoms in total. The van der Waals surface area contributed by atoms with Gasteiger partial charge in [-0.3, -0.25) is 0 Å². The smallest absolute Gasteiger partial charge is 0.133 e. The van der Waals surface area contributed by atoms with Gasteiger partial charge in [0.2, 0.25) is 0 Å². The summed E-state index contributed by atoms with van der Waals surface area (Å²) in [6.07, 6.45) is 7.64. The van der Waals surface area contributed by atoms with Crippen molar-refractivity contribution >= 4 is 27.5 Å². The van der Waals surface area contributed by atoms with Gasteiger partial charge in [0.15, 0.2) is 0 Å². The van der Waals surface area contributed by atoms with Crippen molar-refractivity contribution in [2.45, 2.75) is 43.9 Å². The standard InChI is InChI=1S/C16H22BrClO2/c1-19-14-10-13(17)15(20-2)9-12(14)16(18)11-7-5-3-4-6-8-11/h9-11,16H,3-8H2,1-2H3. The van der Waals surface area contributed by atoms with Crippen LogP contribution in [-0.4, -0.2) is 14.2 Å². The molecule has 1 aromatic rings. The minimum Gasteiger partial charge on any atom is -0.496 e. The molecule has 2 rings (SSSR count). The number of ether oxygens (including phenoxy) is 2. The van der Waals surface area contributed by atoms with Crippen LogP contribution in [0.3, 0.4) is 0 Å². The first-order valence-electron chi connectivity index (χ1n) is 7.23. The fourth-order valence-corrected chi connectivity index (χ4v) is 3.86. The van der Waals surface area contributed by atoms with Gasteiger partial charge in [0.05, 0.1) is 24.1 Å². The lowest BCUT2D eigenvalue weighted by molar-refractivity contribution is 0.383. The van der Waals surface area contributed by atoms with Crippen LogP contribution in [0.25, 0.3) is 0 Å². The predicted octanol–water partition coefficient (Wildman–Crippen LogP) is 5.72. The molecule has 1 atom stereocenters. The molecule has 1 unspecified atom stereocenters. The molecule has 0 amide bonds. The summed E-state index contributed by atoms with van der Waals surface area (Å²) in [5.41, 5.74) is 1.04. The van der Waals surface area contributed by atoms with E-state index in [1.54, 1.807) is 14.2 Å². The Morgan fingerprint density at radius 3 is 2.20 bits per heavy atom. The van der Waals surface area contributed by atoms with Crippen LogP contribution in [0.15, 0.2) is 16.6 Å². The van der Waals surface area contributed by atoms with Crippen LogP contribution in [-0.2, 0) is 0 Å². The largest absolute Gasteiger partial charge is 0.496 e. The third kappa shape index (κ3) is 3.62. The van der Waals surface area contributed by atoms with Crippen LogP contribution < -0.4 is 9.47 Å². The summed E-state index contributed by atoms with van der Waals surface area (Å²) in [6, 6.07) is 3.95. The lowest BCUT2D eigenvalue weighted by Crippen LogP contribution is -2.09. The lowest BCUT2D eigenvalue weighted by Gasteiger charge is -2.23. The molecule has 20 heavy (non-hydrogen) atoms. The molecule has 4 heteroatoms. The summed E-state index contributed by atoms with van der Waals surface area (Å²) in [5.74, 6) is 2.17. The maximum Gasteiger partial charge on any atom is 0.133 e. The van der Waals surface area contributed by atoms with Gasteiger partial charge in [-0.15, -0.1) is 11.6 Å². The maximum absolute atomic E-state index is 6.77. The Kier molecular flexibility index (Phi) is 6.03. The molecule has 0 bridgehead atoms. The van der Waals surface area contributed by atoms with Crippen molar-refractivity contribution in [1.29, 1.82) is 0 Å². The van der Waals surface area contributed by atoms with Gasteiger partial charge in [0.25, 0.3) is 0 Å². The van der Waals surface area contributed by atoms with E-state index in [0.29, 0.717) is 5.92 Å². The van der Waals surface area contributed by atoms with Crippen LogP contribution in [0, 0.1) is 5.92 Å². The van der Waals surface area contributed by atoms with E-state index in [2.05, 4.69) is 15.9 Å². The Morgan fingerprint density at radius 1 is 1.05 bits per heavy atom. The minimum absolute atomic E-state index is 0.00921. The van der Waals surface area contributed by atoms with Crippen molar-refractivity contribution in [2.75, 3.05) is 14.2 Å². The number of benzene rings is 1. The van der Waals surface area contributed by atoms with Crippen molar-refractivity contribution in [3.8, 4) is 11.5 Å². The third-order valence-electron chi connectivity index (χ3n) is 4.11. The highest BCUT2D eigenvalue weighted by molar-refractivity contribution is 9.10. The van der Waals surface area contributed by atoms with Crippen LogP contribution in [0.2, 0.25) is 0 Å². The molecule has 112 valence electrons. The zero-order valence-electron chi connectivity index (χ0n) is 12.1. The highest BCUT2D eigenvalue weighted by atomic mass is 79.9. The van der Waals surface area contributed by atoms with Crippen LogP contribution >= 0.6 is 27.5 Å². The number of hydrogen-bond acceptors (Lipinski definition) is 2. The monoisotopic (exact) mass is 360 g/mol. The molecule has 0 spiro atoms. The molecule has 0 N–H and O–H groups in total. The first-order valence-corrected chi connectivity index (χ1v) is 8.45. The molecule has 1 saturated carbocycles. The zero-order valence-corrected chi connectivity index (χ0v) is 14.5. The van der Waals surface area contributed by atoms with Gasteiger partial charge in [0.1, 0.15) is 11.5 Å². The number of halogens is 2. The van der Waals surface area contributed by atoms with E-state index in [4.69, 9.17) is 21.1 Å². The van der Waals surface area contributed by atoms with Crippen molar-refractivity contribution in [3.05, 3.63) is 22.2 Å². The number of alkyl halides is 1. The van der Waals surface area contributed by atoms with Crippen molar-refractivity contribution in [2.24, 2.45) is 5.92 Å². The number of methoxy groups -OCH3 is 2. The fraction of sp³-hybridized carbons (Fsp3) is 0.625. The van der Waals surface area contributed by atoms with Gasteiger partial charge in [-0.05, 0) is 46.8 Å². The molecular formula is C16H22BrClO2. The van der Waals surface area contributed by atoms with Gasteiger partial charge in [-0.25, -0.2) is 0 Å². The van der Waals surface area contributed by atoms with Crippen LogP contribution in [0.5, 0.6) is 11.5 Å². The van der Waals surface area contributed by atoms with Crippen molar-refractivity contribution in [3.63, 3.8) is 0 Å².